The summed E-state index contributed by atoms with van der Waals surface area (Å²) >= 11 is 0. The highest BCUT2D eigenvalue weighted by molar-refractivity contribution is 6.03. The molecule has 2 amide bonds. The quantitative estimate of drug-likeness (QED) is 0.362. The molecule has 0 radical (unpaired) electrons. The van der Waals surface area contributed by atoms with Gasteiger partial charge in [-0.3, -0.25) is 14.4 Å². The number of nitrogens with zero attached hydrogens (tertiary/aromatic N) is 1. The second-order valence-corrected chi connectivity index (χ2v) is 9.42. The van der Waals surface area contributed by atoms with Gasteiger partial charge in [0.2, 0.25) is 11.8 Å². The molecule has 1 aromatic rings. The van der Waals surface area contributed by atoms with Crippen molar-refractivity contribution in [3.63, 3.8) is 0 Å². The van der Waals surface area contributed by atoms with Crippen LogP contribution in [0.3, 0.4) is 0 Å². The van der Waals surface area contributed by atoms with Crippen molar-refractivity contribution in [2.75, 3.05) is 6.54 Å². The Morgan fingerprint density at radius 3 is 2.33 bits per heavy atom. The highest BCUT2D eigenvalue weighted by Gasteiger charge is 2.68. The van der Waals surface area contributed by atoms with Crippen molar-refractivity contribution in [3.05, 3.63) is 35.9 Å². The monoisotopic (exact) mass is 462 g/mol. The minimum atomic E-state index is -2.78. The molecule has 0 bridgehead atoms. The number of ketones is 1. The molecule has 10 heteroatoms. The summed E-state index contributed by atoms with van der Waals surface area (Å²) in [5.41, 5.74) is 12.2. The van der Waals surface area contributed by atoms with E-state index >= 15 is 0 Å². The molecular formula is C23H34N4O6. The molecule has 1 heterocycles. The lowest BCUT2D eigenvalue weighted by Gasteiger charge is -2.42. The molecule has 2 rings (SSSR count). The number of esters is 1. The number of Topliss-reactive ketones (excluding diaryl/α,β-unsaturated/α-hetero) is 1. The third-order valence-corrected chi connectivity index (χ3v) is 5.62. The van der Waals surface area contributed by atoms with Crippen LogP contribution < -0.4 is 17.2 Å². The highest BCUT2D eigenvalue weighted by atomic mass is 16.6. The van der Waals surface area contributed by atoms with Crippen LogP contribution in [0.4, 0.5) is 0 Å². The molecule has 7 N–H and O–H groups in total. The topological polar surface area (TPSA) is 179 Å². The highest BCUT2D eigenvalue weighted by Crippen LogP contribution is 2.39. The van der Waals surface area contributed by atoms with Crippen LogP contribution in [-0.2, 0) is 30.3 Å². The molecule has 1 aliphatic rings. The van der Waals surface area contributed by atoms with E-state index in [-0.39, 0.29) is 19.4 Å². The normalized spacial score (nSPS) is 23.8. The van der Waals surface area contributed by atoms with Gasteiger partial charge in [-0.15, -0.1) is 0 Å². The lowest BCUT2D eigenvalue weighted by atomic mass is 9.79. The fraction of sp³-hybridized carbons (Fsp3) is 0.565. The van der Waals surface area contributed by atoms with Crippen LogP contribution >= 0.6 is 0 Å². The van der Waals surface area contributed by atoms with E-state index in [1.54, 1.807) is 20.8 Å². The maximum Gasteiger partial charge on any atom is 0.362 e. The Balaban J connectivity index is 2.31. The standard InChI is InChI=1S/C23H34N4O6/c1-21(2,3)33-20(31)23(32)22(26,19(30)16(24)14-17(25)28)12-13-27(23)18(29)11-7-10-15-8-5-4-6-9-15/h4-6,8-9,16,32H,7,10-14,24,26H2,1-3H3,(H2,25,28)/t16-,22+,23+/m0/s1. The van der Waals surface area contributed by atoms with Crippen LogP contribution in [0.2, 0.25) is 0 Å². The summed E-state index contributed by atoms with van der Waals surface area (Å²) in [6.07, 6.45) is 0.321. The summed E-state index contributed by atoms with van der Waals surface area (Å²) in [5, 5.41) is 11.6. The summed E-state index contributed by atoms with van der Waals surface area (Å²) in [4.78, 5) is 51.4. The molecule has 182 valence electrons. The third kappa shape index (κ3) is 5.76. The molecule has 1 aromatic carbocycles. The molecule has 10 nitrogen and oxygen atoms in total. The summed E-state index contributed by atoms with van der Waals surface area (Å²) < 4.78 is 5.34. The van der Waals surface area contributed by atoms with E-state index in [1.165, 1.54) is 0 Å². The van der Waals surface area contributed by atoms with Crippen LogP contribution in [-0.4, -0.2) is 63.0 Å². The second-order valence-electron chi connectivity index (χ2n) is 9.42. The van der Waals surface area contributed by atoms with Crippen molar-refractivity contribution in [1.29, 1.82) is 0 Å². The van der Waals surface area contributed by atoms with E-state index in [9.17, 15) is 24.3 Å². The Morgan fingerprint density at radius 1 is 1.18 bits per heavy atom. The molecule has 0 aliphatic carbocycles. The van der Waals surface area contributed by atoms with Crippen LogP contribution in [0, 0.1) is 0 Å². The van der Waals surface area contributed by atoms with Crippen molar-refractivity contribution in [2.24, 2.45) is 17.2 Å². The SMILES string of the molecule is CC(C)(C)OC(=O)[C@]1(O)N(C(=O)CCCc2ccccc2)CC[C@@]1(N)C(=O)[C@@H](N)CC(N)=O. The maximum absolute atomic E-state index is 13.1. The van der Waals surface area contributed by atoms with Crippen molar-refractivity contribution in [3.8, 4) is 0 Å². The zero-order chi connectivity index (χ0) is 25.0. The molecule has 1 aliphatic heterocycles. The van der Waals surface area contributed by atoms with Gasteiger partial charge < -0.3 is 31.9 Å². The first kappa shape index (κ1) is 26.4. The molecule has 0 aromatic heterocycles. The number of amides is 2. The fourth-order valence-corrected chi connectivity index (χ4v) is 3.97. The van der Waals surface area contributed by atoms with Crippen LogP contribution in [0.1, 0.15) is 52.0 Å². The number of hydrogen-bond acceptors (Lipinski definition) is 8. The first-order valence-electron chi connectivity index (χ1n) is 10.9. The lowest BCUT2D eigenvalue weighted by Crippen LogP contribution is -2.74. The van der Waals surface area contributed by atoms with Crippen LogP contribution in [0.15, 0.2) is 30.3 Å². The number of carbonyl (C=O) groups is 4. The van der Waals surface area contributed by atoms with Gasteiger partial charge in [0.15, 0.2) is 5.78 Å². The average molecular weight is 463 g/mol. The number of ether oxygens (including phenoxy) is 1. The summed E-state index contributed by atoms with van der Waals surface area (Å²) in [6.45, 7) is 4.57. The smallest absolute Gasteiger partial charge is 0.362 e. The number of nitrogens with two attached hydrogens (primary N) is 3. The number of aliphatic hydroxyl groups is 1. The summed E-state index contributed by atoms with van der Waals surface area (Å²) in [7, 11) is 0. The van der Waals surface area contributed by atoms with E-state index in [1.807, 2.05) is 30.3 Å². The number of aryl methyl sites for hydroxylation is 1. The van der Waals surface area contributed by atoms with Gasteiger partial charge in [0.1, 0.15) is 11.1 Å². The Morgan fingerprint density at radius 2 is 1.79 bits per heavy atom. The molecule has 0 unspecified atom stereocenters. The number of benzene rings is 1. The zero-order valence-electron chi connectivity index (χ0n) is 19.4. The maximum atomic E-state index is 13.1. The zero-order valence-corrected chi connectivity index (χ0v) is 19.4. The molecule has 1 saturated heterocycles. The molecule has 33 heavy (non-hydrogen) atoms. The average Bonchev–Trinajstić information content (AvgIpc) is 2.99. The van der Waals surface area contributed by atoms with E-state index < -0.39 is 52.9 Å². The number of carbonyl (C=O) groups excluding carboxylic acids is 4. The van der Waals surface area contributed by atoms with Crippen molar-refractivity contribution in [1.82, 2.24) is 4.90 Å². The van der Waals surface area contributed by atoms with E-state index in [4.69, 9.17) is 21.9 Å². The largest absolute Gasteiger partial charge is 0.456 e. The van der Waals surface area contributed by atoms with Gasteiger partial charge in [-0.25, -0.2) is 4.79 Å². The van der Waals surface area contributed by atoms with Crippen molar-refractivity contribution in [2.45, 2.75) is 75.8 Å². The van der Waals surface area contributed by atoms with E-state index in [0.29, 0.717) is 12.8 Å². The lowest BCUT2D eigenvalue weighted by molar-refractivity contribution is -0.207. The van der Waals surface area contributed by atoms with Crippen LogP contribution in [0.5, 0.6) is 0 Å². The Bertz CT molecular complexity index is 900. The van der Waals surface area contributed by atoms with E-state index in [0.717, 1.165) is 10.5 Å². The van der Waals surface area contributed by atoms with E-state index in [2.05, 4.69) is 0 Å². The van der Waals surface area contributed by atoms with Gasteiger partial charge in [0.05, 0.1) is 6.04 Å². The molecule has 0 spiro atoms. The number of rotatable bonds is 9. The van der Waals surface area contributed by atoms with Gasteiger partial charge in [-0.05, 0) is 45.6 Å². The predicted molar refractivity (Wildman–Crippen MR) is 120 cm³/mol. The van der Waals surface area contributed by atoms with Crippen molar-refractivity contribution < 1.29 is 29.0 Å². The number of likely N-dealkylation sites (tertiary alicyclic amines) is 1. The first-order valence-corrected chi connectivity index (χ1v) is 10.9. The van der Waals surface area contributed by atoms with Gasteiger partial charge in [0.25, 0.3) is 5.72 Å². The Hall–Kier alpha value is -2.82. The molecule has 3 atom stereocenters. The minimum absolute atomic E-state index is 0.0115. The number of hydrogen-bond donors (Lipinski definition) is 4. The third-order valence-electron chi connectivity index (χ3n) is 5.62. The van der Waals surface area contributed by atoms with Gasteiger partial charge in [0, 0.05) is 19.4 Å². The molecular weight excluding hydrogens is 428 g/mol. The van der Waals surface area contributed by atoms with Gasteiger partial charge >= 0.3 is 5.97 Å². The number of primary amides is 1. The summed E-state index contributed by atoms with van der Waals surface area (Å²) in [5.74, 6) is -3.57. The Labute approximate surface area is 193 Å². The second kappa shape index (κ2) is 9.98. The first-order chi connectivity index (χ1) is 15.2. The van der Waals surface area contributed by atoms with Crippen LogP contribution in [0.25, 0.3) is 0 Å². The fourth-order valence-electron chi connectivity index (χ4n) is 3.97. The Kier molecular flexibility index (Phi) is 8.00. The molecule has 0 saturated carbocycles. The minimum Gasteiger partial charge on any atom is -0.456 e. The molecule has 1 fully saturated rings. The van der Waals surface area contributed by atoms with Gasteiger partial charge in [-0.1, -0.05) is 30.3 Å². The van der Waals surface area contributed by atoms with Crippen molar-refractivity contribution >= 4 is 23.6 Å². The van der Waals surface area contributed by atoms with Gasteiger partial charge in [-0.2, -0.15) is 0 Å². The predicted octanol–water partition coefficient (Wildman–Crippen LogP) is -0.259. The summed E-state index contributed by atoms with van der Waals surface area (Å²) in [6, 6.07) is 8.09.